The second-order valence-corrected chi connectivity index (χ2v) is 4.86. The molecule has 2 aromatic rings. The molecule has 6 nitrogen and oxygen atoms in total. The first-order valence-corrected chi connectivity index (χ1v) is 6.99. The molecule has 0 saturated carbocycles. The van der Waals surface area contributed by atoms with Crippen molar-refractivity contribution in [3.05, 3.63) is 17.1 Å². The van der Waals surface area contributed by atoms with Crippen molar-refractivity contribution in [1.29, 1.82) is 0 Å². The van der Waals surface area contributed by atoms with Gasteiger partial charge in [0.05, 0.1) is 5.52 Å². The molecule has 2 rings (SSSR count). The molecule has 110 valence electrons. The van der Waals surface area contributed by atoms with E-state index in [1.807, 2.05) is 13.8 Å². The number of aryl methyl sites for hydroxylation is 3. The zero-order chi connectivity index (χ0) is 14.7. The summed E-state index contributed by atoms with van der Waals surface area (Å²) in [7, 11) is 0. The van der Waals surface area contributed by atoms with Crippen LogP contribution in [0, 0.1) is 13.8 Å². The molecule has 0 radical (unpaired) electrons. The van der Waals surface area contributed by atoms with Crippen molar-refractivity contribution in [3.8, 4) is 0 Å². The van der Waals surface area contributed by atoms with Crippen LogP contribution in [0.15, 0.2) is 0 Å². The summed E-state index contributed by atoms with van der Waals surface area (Å²) in [4.78, 5) is 8.97. The van der Waals surface area contributed by atoms with E-state index in [4.69, 9.17) is 16.2 Å². The molecular formula is C14H23N5O. The summed E-state index contributed by atoms with van der Waals surface area (Å²) >= 11 is 0. The second-order valence-electron chi connectivity index (χ2n) is 4.86. The van der Waals surface area contributed by atoms with Gasteiger partial charge in [0.25, 0.3) is 0 Å². The van der Waals surface area contributed by atoms with Gasteiger partial charge in [-0.2, -0.15) is 0 Å². The zero-order valence-electron chi connectivity index (χ0n) is 12.4. The van der Waals surface area contributed by atoms with Crippen molar-refractivity contribution in [2.45, 2.75) is 40.3 Å². The normalized spacial score (nSPS) is 11.4. The number of pyridine rings is 1. The summed E-state index contributed by atoms with van der Waals surface area (Å²) in [6.45, 7) is 8.59. The zero-order valence-corrected chi connectivity index (χ0v) is 12.4. The van der Waals surface area contributed by atoms with E-state index in [0.29, 0.717) is 25.6 Å². The van der Waals surface area contributed by atoms with Gasteiger partial charge in [-0.05, 0) is 39.3 Å². The highest BCUT2D eigenvalue weighted by atomic mass is 16.5. The molecule has 2 heterocycles. The van der Waals surface area contributed by atoms with Crippen LogP contribution in [0.3, 0.4) is 0 Å². The van der Waals surface area contributed by atoms with Gasteiger partial charge in [-0.1, -0.05) is 0 Å². The minimum atomic E-state index is 0.479. The third-order valence-electron chi connectivity index (χ3n) is 3.50. The van der Waals surface area contributed by atoms with Crippen LogP contribution in [0.4, 0.5) is 5.82 Å². The molecule has 0 bridgehead atoms. The summed E-state index contributed by atoms with van der Waals surface area (Å²) < 4.78 is 7.67. The third-order valence-corrected chi connectivity index (χ3v) is 3.50. The molecule has 2 aromatic heterocycles. The summed E-state index contributed by atoms with van der Waals surface area (Å²) in [6, 6.07) is 0. The SMILES string of the molecule is CCOCc1nc2c(N)nc(C)c(C)c2n1CCCN. The fourth-order valence-corrected chi connectivity index (χ4v) is 2.34. The summed E-state index contributed by atoms with van der Waals surface area (Å²) in [5.41, 5.74) is 15.5. The predicted molar refractivity (Wildman–Crippen MR) is 80.4 cm³/mol. The standard InChI is InChI=1S/C14H23N5O/c1-4-20-8-11-18-12-13(19(11)7-5-6-15)9(2)10(3)17-14(12)16/h4-8,15H2,1-3H3,(H2,16,17). The van der Waals surface area contributed by atoms with Gasteiger partial charge in [0.2, 0.25) is 0 Å². The molecule has 0 atom stereocenters. The average molecular weight is 277 g/mol. The van der Waals surface area contributed by atoms with E-state index >= 15 is 0 Å². The van der Waals surface area contributed by atoms with Crippen LogP contribution in [0.25, 0.3) is 11.0 Å². The van der Waals surface area contributed by atoms with E-state index in [-0.39, 0.29) is 0 Å². The third kappa shape index (κ3) is 2.62. The Kier molecular flexibility index (Phi) is 4.57. The number of nitrogens with zero attached hydrogens (tertiary/aromatic N) is 3. The maximum Gasteiger partial charge on any atom is 0.151 e. The molecule has 0 unspecified atom stereocenters. The van der Waals surface area contributed by atoms with Crippen LogP contribution >= 0.6 is 0 Å². The topological polar surface area (TPSA) is 92.0 Å². The lowest BCUT2D eigenvalue weighted by atomic mass is 10.2. The predicted octanol–water partition coefficient (Wildman–Crippen LogP) is 1.52. The number of nitrogen functional groups attached to an aromatic ring is 1. The van der Waals surface area contributed by atoms with E-state index in [1.165, 1.54) is 0 Å². The first kappa shape index (κ1) is 14.7. The Morgan fingerprint density at radius 1 is 1.25 bits per heavy atom. The number of fused-ring (bicyclic) bond motifs is 1. The van der Waals surface area contributed by atoms with E-state index in [0.717, 1.165) is 41.1 Å². The minimum absolute atomic E-state index is 0.479. The molecular weight excluding hydrogens is 254 g/mol. The van der Waals surface area contributed by atoms with E-state index in [9.17, 15) is 0 Å². The Bertz CT molecular complexity index is 605. The monoisotopic (exact) mass is 277 g/mol. The van der Waals surface area contributed by atoms with Crippen LogP contribution in [0.2, 0.25) is 0 Å². The molecule has 0 saturated heterocycles. The Hall–Kier alpha value is -1.66. The first-order chi connectivity index (χ1) is 9.60. The van der Waals surface area contributed by atoms with Crippen LogP contribution in [-0.4, -0.2) is 27.7 Å². The van der Waals surface area contributed by atoms with Crippen LogP contribution in [0.1, 0.15) is 30.4 Å². The molecule has 0 aliphatic carbocycles. The van der Waals surface area contributed by atoms with Gasteiger partial charge < -0.3 is 20.8 Å². The molecule has 0 spiro atoms. The minimum Gasteiger partial charge on any atom is -0.382 e. The van der Waals surface area contributed by atoms with Gasteiger partial charge in [-0.3, -0.25) is 0 Å². The molecule has 0 fully saturated rings. The van der Waals surface area contributed by atoms with Gasteiger partial charge in [0.1, 0.15) is 17.9 Å². The first-order valence-electron chi connectivity index (χ1n) is 6.99. The van der Waals surface area contributed by atoms with E-state index in [1.54, 1.807) is 0 Å². The number of hydrogen-bond acceptors (Lipinski definition) is 5. The van der Waals surface area contributed by atoms with Gasteiger partial charge in [-0.25, -0.2) is 9.97 Å². The van der Waals surface area contributed by atoms with Crippen molar-refractivity contribution < 1.29 is 4.74 Å². The van der Waals surface area contributed by atoms with Crippen molar-refractivity contribution in [1.82, 2.24) is 14.5 Å². The average Bonchev–Trinajstić information content (AvgIpc) is 2.79. The molecule has 0 aliphatic rings. The van der Waals surface area contributed by atoms with Gasteiger partial charge in [0.15, 0.2) is 5.82 Å². The van der Waals surface area contributed by atoms with Crippen LogP contribution in [0.5, 0.6) is 0 Å². The Balaban J connectivity index is 2.60. The maximum absolute atomic E-state index is 6.01. The highest BCUT2D eigenvalue weighted by molar-refractivity contribution is 5.88. The smallest absolute Gasteiger partial charge is 0.151 e. The van der Waals surface area contributed by atoms with Gasteiger partial charge >= 0.3 is 0 Å². The molecule has 0 aliphatic heterocycles. The molecule has 6 heteroatoms. The number of aromatic nitrogens is 3. The number of rotatable bonds is 6. The fraction of sp³-hybridized carbons (Fsp3) is 0.571. The lowest BCUT2D eigenvalue weighted by molar-refractivity contribution is 0.126. The summed E-state index contributed by atoms with van der Waals surface area (Å²) in [5.74, 6) is 1.37. The Labute approximate surface area is 119 Å². The van der Waals surface area contributed by atoms with Crippen molar-refractivity contribution in [3.63, 3.8) is 0 Å². The van der Waals surface area contributed by atoms with Crippen LogP contribution < -0.4 is 11.5 Å². The van der Waals surface area contributed by atoms with Crippen molar-refractivity contribution in [2.24, 2.45) is 5.73 Å². The molecule has 20 heavy (non-hydrogen) atoms. The number of nitrogens with two attached hydrogens (primary N) is 2. The fourth-order valence-electron chi connectivity index (χ4n) is 2.34. The van der Waals surface area contributed by atoms with Gasteiger partial charge in [-0.15, -0.1) is 0 Å². The molecule has 4 N–H and O–H groups in total. The highest BCUT2D eigenvalue weighted by Gasteiger charge is 2.17. The number of anilines is 1. The Morgan fingerprint density at radius 3 is 2.65 bits per heavy atom. The van der Waals surface area contributed by atoms with Crippen LogP contribution in [-0.2, 0) is 17.9 Å². The number of hydrogen-bond donors (Lipinski definition) is 2. The lowest BCUT2D eigenvalue weighted by Crippen LogP contribution is -2.10. The number of ether oxygens (including phenoxy) is 1. The molecule has 0 amide bonds. The summed E-state index contributed by atoms with van der Waals surface area (Å²) in [5, 5.41) is 0. The van der Waals surface area contributed by atoms with Crippen molar-refractivity contribution >= 4 is 16.9 Å². The second kappa shape index (κ2) is 6.19. The Morgan fingerprint density at radius 2 is 2.00 bits per heavy atom. The highest BCUT2D eigenvalue weighted by Crippen LogP contribution is 2.26. The largest absolute Gasteiger partial charge is 0.382 e. The number of imidazole rings is 1. The lowest BCUT2D eigenvalue weighted by Gasteiger charge is -2.11. The molecule has 0 aromatic carbocycles. The van der Waals surface area contributed by atoms with Gasteiger partial charge in [0, 0.05) is 18.8 Å². The van der Waals surface area contributed by atoms with E-state index < -0.39 is 0 Å². The van der Waals surface area contributed by atoms with E-state index in [2.05, 4.69) is 21.5 Å². The quantitative estimate of drug-likeness (QED) is 0.835. The maximum atomic E-state index is 6.01. The summed E-state index contributed by atoms with van der Waals surface area (Å²) in [6.07, 6.45) is 0.894. The van der Waals surface area contributed by atoms with Crippen molar-refractivity contribution in [2.75, 3.05) is 18.9 Å².